The number of pyridine rings is 1. The van der Waals surface area contributed by atoms with Crippen molar-refractivity contribution in [1.82, 2.24) is 9.88 Å². The van der Waals surface area contributed by atoms with Gasteiger partial charge in [-0.25, -0.2) is 0 Å². The molecule has 1 saturated heterocycles. The van der Waals surface area contributed by atoms with Crippen LogP contribution in [0.3, 0.4) is 0 Å². The zero-order chi connectivity index (χ0) is 13.1. The maximum absolute atomic E-state index is 11.9. The van der Waals surface area contributed by atoms with Crippen LogP contribution in [-0.2, 0) is 16.6 Å². The van der Waals surface area contributed by atoms with E-state index in [1.165, 1.54) is 10.6 Å². The molecule has 0 radical (unpaired) electrons. The van der Waals surface area contributed by atoms with Crippen molar-refractivity contribution in [2.24, 2.45) is 13.0 Å². The van der Waals surface area contributed by atoms with Crippen molar-refractivity contribution in [3.05, 3.63) is 28.7 Å². The summed E-state index contributed by atoms with van der Waals surface area (Å²) in [6.07, 6.45) is 2.51. The van der Waals surface area contributed by atoms with Crippen molar-refractivity contribution in [1.29, 1.82) is 0 Å². The van der Waals surface area contributed by atoms with Crippen molar-refractivity contribution in [2.75, 3.05) is 11.9 Å². The standard InChI is InChI=1S/C12H15N3O3/c1-15-7-9(3-5-11(15)17)14-12(18)8-2-4-10(16)13-6-8/h3,5,7-8H,2,4,6H2,1H3,(H,13,16)(H,14,18). The Morgan fingerprint density at radius 1 is 1.44 bits per heavy atom. The van der Waals surface area contributed by atoms with Crippen molar-refractivity contribution in [3.8, 4) is 0 Å². The molecule has 0 aromatic carbocycles. The molecule has 2 heterocycles. The van der Waals surface area contributed by atoms with Crippen LogP contribution in [0.4, 0.5) is 5.69 Å². The SMILES string of the molecule is Cn1cc(NC(=O)C2CCC(=O)NC2)ccc1=O. The maximum atomic E-state index is 11.9. The van der Waals surface area contributed by atoms with E-state index >= 15 is 0 Å². The third-order valence-electron chi connectivity index (χ3n) is 2.99. The van der Waals surface area contributed by atoms with E-state index in [1.54, 1.807) is 19.3 Å². The molecule has 6 nitrogen and oxygen atoms in total. The number of carbonyl (C=O) groups excluding carboxylic acids is 2. The minimum absolute atomic E-state index is 0.0128. The van der Waals surface area contributed by atoms with Gasteiger partial charge in [-0.05, 0) is 12.5 Å². The van der Waals surface area contributed by atoms with Crippen LogP contribution in [0.15, 0.2) is 23.1 Å². The number of aryl methyl sites for hydroxylation is 1. The molecule has 0 aliphatic carbocycles. The van der Waals surface area contributed by atoms with Gasteiger partial charge in [-0.2, -0.15) is 0 Å². The van der Waals surface area contributed by atoms with Gasteiger partial charge in [0.2, 0.25) is 17.4 Å². The van der Waals surface area contributed by atoms with Crippen LogP contribution in [-0.4, -0.2) is 22.9 Å². The highest BCUT2D eigenvalue weighted by atomic mass is 16.2. The molecule has 0 spiro atoms. The summed E-state index contributed by atoms with van der Waals surface area (Å²) in [5, 5.41) is 5.41. The van der Waals surface area contributed by atoms with E-state index in [4.69, 9.17) is 0 Å². The Balaban J connectivity index is 2.00. The summed E-state index contributed by atoms with van der Waals surface area (Å²) >= 11 is 0. The van der Waals surface area contributed by atoms with Crippen LogP contribution >= 0.6 is 0 Å². The Bertz CT molecular complexity index is 526. The molecule has 2 amide bonds. The van der Waals surface area contributed by atoms with Gasteiger partial charge >= 0.3 is 0 Å². The summed E-state index contributed by atoms with van der Waals surface area (Å²) in [6, 6.07) is 2.97. The first-order chi connectivity index (χ1) is 8.56. The van der Waals surface area contributed by atoms with Gasteiger partial charge < -0.3 is 15.2 Å². The first-order valence-electron chi connectivity index (χ1n) is 5.80. The van der Waals surface area contributed by atoms with E-state index < -0.39 is 0 Å². The van der Waals surface area contributed by atoms with E-state index in [0.29, 0.717) is 25.1 Å². The fourth-order valence-electron chi connectivity index (χ4n) is 1.87. The highest BCUT2D eigenvalue weighted by Crippen LogP contribution is 2.13. The summed E-state index contributed by atoms with van der Waals surface area (Å²) in [7, 11) is 1.62. The molecule has 2 rings (SSSR count). The first-order valence-corrected chi connectivity index (χ1v) is 5.80. The van der Waals surface area contributed by atoms with Gasteiger partial charge in [0, 0.05) is 32.3 Å². The normalized spacial score (nSPS) is 19.2. The highest BCUT2D eigenvalue weighted by molar-refractivity contribution is 5.93. The van der Waals surface area contributed by atoms with Crippen LogP contribution in [0.2, 0.25) is 0 Å². The molecule has 2 N–H and O–H groups in total. The molecule has 1 aliphatic heterocycles. The summed E-state index contributed by atoms with van der Waals surface area (Å²) in [6.45, 7) is 0.371. The predicted molar refractivity (Wildman–Crippen MR) is 66.0 cm³/mol. The van der Waals surface area contributed by atoms with Gasteiger partial charge in [-0.15, -0.1) is 0 Å². The van der Waals surface area contributed by atoms with Crippen molar-refractivity contribution < 1.29 is 9.59 Å². The highest BCUT2D eigenvalue weighted by Gasteiger charge is 2.24. The number of hydrogen-bond donors (Lipinski definition) is 2. The van der Waals surface area contributed by atoms with Crippen molar-refractivity contribution in [2.45, 2.75) is 12.8 Å². The molecule has 1 aliphatic rings. The lowest BCUT2D eigenvalue weighted by Crippen LogP contribution is -2.40. The summed E-state index contributed by atoms with van der Waals surface area (Å²) in [5.41, 5.74) is 0.455. The largest absolute Gasteiger partial charge is 0.355 e. The van der Waals surface area contributed by atoms with E-state index in [-0.39, 0.29) is 23.3 Å². The second-order valence-electron chi connectivity index (χ2n) is 4.40. The lowest BCUT2D eigenvalue weighted by molar-refractivity contribution is -0.126. The molecule has 6 heteroatoms. The van der Waals surface area contributed by atoms with E-state index in [2.05, 4.69) is 10.6 Å². The second-order valence-corrected chi connectivity index (χ2v) is 4.40. The van der Waals surface area contributed by atoms with Crippen LogP contribution in [0, 0.1) is 5.92 Å². The van der Waals surface area contributed by atoms with Gasteiger partial charge in [0.05, 0.1) is 11.6 Å². The van der Waals surface area contributed by atoms with Gasteiger partial charge in [-0.3, -0.25) is 14.4 Å². The summed E-state index contributed by atoms with van der Waals surface area (Å²) < 4.78 is 1.40. The summed E-state index contributed by atoms with van der Waals surface area (Å²) in [4.78, 5) is 34.1. The molecule has 1 atom stereocenters. The smallest absolute Gasteiger partial charge is 0.250 e. The first kappa shape index (κ1) is 12.3. The molecule has 96 valence electrons. The number of amides is 2. The Morgan fingerprint density at radius 2 is 2.22 bits per heavy atom. The Labute approximate surface area is 104 Å². The van der Waals surface area contributed by atoms with Crippen LogP contribution in [0.1, 0.15) is 12.8 Å². The lowest BCUT2D eigenvalue weighted by Gasteiger charge is -2.21. The van der Waals surface area contributed by atoms with Crippen LogP contribution in [0.25, 0.3) is 0 Å². The molecule has 1 aromatic heterocycles. The average molecular weight is 249 g/mol. The van der Waals surface area contributed by atoms with Gasteiger partial charge in [-0.1, -0.05) is 0 Å². The molecule has 0 saturated carbocycles. The summed E-state index contributed by atoms with van der Waals surface area (Å²) in [5.74, 6) is -0.352. The molecule has 18 heavy (non-hydrogen) atoms. The number of piperidine rings is 1. The van der Waals surface area contributed by atoms with Gasteiger partial charge in [0.15, 0.2) is 0 Å². The maximum Gasteiger partial charge on any atom is 0.250 e. The van der Waals surface area contributed by atoms with Crippen LogP contribution in [0.5, 0.6) is 0 Å². The van der Waals surface area contributed by atoms with Crippen molar-refractivity contribution in [3.63, 3.8) is 0 Å². The molecule has 1 unspecified atom stereocenters. The van der Waals surface area contributed by atoms with Crippen LogP contribution < -0.4 is 16.2 Å². The topological polar surface area (TPSA) is 80.2 Å². The predicted octanol–water partition coefficient (Wildman–Crippen LogP) is -0.150. The Kier molecular flexibility index (Phi) is 3.45. The Hall–Kier alpha value is -2.11. The number of aromatic nitrogens is 1. The fraction of sp³-hybridized carbons (Fsp3) is 0.417. The minimum Gasteiger partial charge on any atom is -0.355 e. The fourth-order valence-corrected chi connectivity index (χ4v) is 1.87. The quantitative estimate of drug-likeness (QED) is 0.765. The Morgan fingerprint density at radius 3 is 2.83 bits per heavy atom. The molecule has 1 fully saturated rings. The third-order valence-corrected chi connectivity index (χ3v) is 2.99. The monoisotopic (exact) mass is 249 g/mol. The molecule has 0 bridgehead atoms. The second kappa shape index (κ2) is 5.03. The average Bonchev–Trinajstić information content (AvgIpc) is 2.34. The van der Waals surface area contributed by atoms with Gasteiger partial charge in [0.1, 0.15) is 0 Å². The minimum atomic E-state index is -0.208. The van der Waals surface area contributed by atoms with E-state index in [9.17, 15) is 14.4 Å². The zero-order valence-corrected chi connectivity index (χ0v) is 10.1. The number of rotatable bonds is 2. The van der Waals surface area contributed by atoms with Crippen molar-refractivity contribution >= 4 is 17.5 Å². The number of nitrogens with one attached hydrogen (secondary N) is 2. The molecular weight excluding hydrogens is 234 g/mol. The van der Waals surface area contributed by atoms with E-state index in [1.807, 2.05) is 0 Å². The lowest BCUT2D eigenvalue weighted by atomic mass is 9.98. The zero-order valence-electron chi connectivity index (χ0n) is 10.1. The molecule has 1 aromatic rings. The number of anilines is 1. The van der Waals surface area contributed by atoms with E-state index in [0.717, 1.165) is 0 Å². The number of hydrogen-bond acceptors (Lipinski definition) is 3. The number of nitrogens with zero attached hydrogens (tertiary/aromatic N) is 1. The molecular formula is C12H15N3O3. The van der Waals surface area contributed by atoms with Gasteiger partial charge in [0.25, 0.3) is 0 Å². The number of carbonyl (C=O) groups is 2. The third kappa shape index (κ3) is 2.77.